The van der Waals surface area contributed by atoms with Gasteiger partial charge in [-0.2, -0.15) is 0 Å². The summed E-state index contributed by atoms with van der Waals surface area (Å²) < 4.78 is 0. The standard InChI is InChI=1S/C26H27N3O6/c1-2-18(15-7-4-3-5-8-15)27-20-21(24(32)23(20)31)28-19-10-6-9-17(22(19)30)25(33)29-13-11-16(12-14-29)26(34)35/h3-10,16,18,27-28,30H,2,11-14H2,1H3,(H,34,35). The van der Waals surface area contributed by atoms with Crippen molar-refractivity contribution in [2.45, 2.75) is 32.2 Å². The lowest BCUT2D eigenvalue weighted by Crippen LogP contribution is -2.40. The van der Waals surface area contributed by atoms with Crippen LogP contribution in [0.4, 0.5) is 17.1 Å². The highest BCUT2D eigenvalue weighted by Gasteiger charge is 2.30. The lowest BCUT2D eigenvalue weighted by atomic mass is 9.96. The van der Waals surface area contributed by atoms with Gasteiger partial charge in [0.05, 0.1) is 23.2 Å². The predicted octanol–water partition coefficient (Wildman–Crippen LogP) is 3.23. The van der Waals surface area contributed by atoms with Gasteiger partial charge < -0.3 is 25.7 Å². The van der Waals surface area contributed by atoms with E-state index in [0.29, 0.717) is 19.3 Å². The van der Waals surface area contributed by atoms with E-state index in [1.54, 1.807) is 6.07 Å². The third-order valence-corrected chi connectivity index (χ3v) is 6.50. The third kappa shape index (κ3) is 4.75. The molecule has 35 heavy (non-hydrogen) atoms. The second-order valence-corrected chi connectivity index (χ2v) is 8.66. The Labute approximate surface area is 201 Å². The number of benzene rings is 2. The molecule has 1 saturated heterocycles. The Morgan fingerprint density at radius 2 is 1.66 bits per heavy atom. The van der Waals surface area contributed by atoms with E-state index >= 15 is 0 Å². The van der Waals surface area contributed by atoms with E-state index in [1.165, 1.54) is 17.0 Å². The molecule has 1 atom stereocenters. The number of hydrogen-bond acceptors (Lipinski definition) is 7. The molecule has 3 aromatic carbocycles. The van der Waals surface area contributed by atoms with Crippen LogP contribution in [0.3, 0.4) is 0 Å². The molecule has 9 heteroatoms. The predicted molar refractivity (Wildman–Crippen MR) is 132 cm³/mol. The normalized spacial score (nSPS) is 15.1. The zero-order chi connectivity index (χ0) is 25.1. The number of aromatic hydroxyl groups is 1. The number of hydrogen-bond donors (Lipinski definition) is 4. The molecule has 1 unspecified atom stereocenters. The molecule has 0 radical (unpaired) electrons. The van der Waals surface area contributed by atoms with Gasteiger partial charge in [0, 0.05) is 13.1 Å². The number of aliphatic carboxylic acids is 1. The van der Waals surface area contributed by atoms with Crippen molar-refractivity contribution in [2.24, 2.45) is 5.92 Å². The summed E-state index contributed by atoms with van der Waals surface area (Å²) in [7, 11) is 0. The van der Waals surface area contributed by atoms with Gasteiger partial charge in [-0.3, -0.25) is 19.2 Å². The Balaban J connectivity index is 1.53. The number of carboxylic acids is 1. The highest BCUT2D eigenvalue weighted by molar-refractivity contribution is 5.99. The van der Waals surface area contributed by atoms with Gasteiger partial charge in [-0.15, -0.1) is 0 Å². The monoisotopic (exact) mass is 477 g/mol. The number of para-hydroxylation sites is 1. The number of amides is 1. The second-order valence-electron chi connectivity index (χ2n) is 8.66. The average Bonchev–Trinajstić information content (AvgIpc) is 2.89. The van der Waals surface area contributed by atoms with Gasteiger partial charge in [0.25, 0.3) is 16.8 Å². The fourth-order valence-electron chi connectivity index (χ4n) is 4.38. The summed E-state index contributed by atoms with van der Waals surface area (Å²) in [5.74, 6) is -2.12. The van der Waals surface area contributed by atoms with E-state index in [1.807, 2.05) is 37.3 Å². The molecule has 0 spiro atoms. The minimum atomic E-state index is -0.874. The highest BCUT2D eigenvalue weighted by atomic mass is 16.4. The molecule has 9 nitrogen and oxygen atoms in total. The van der Waals surface area contributed by atoms with Gasteiger partial charge in [0.1, 0.15) is 11.4 Å². The summed E-state index contributed by atoms with van der Waals surface area (Å²) in [5.41, 5.74) is -0.0516. The summed E-state index contributed by atoms with van der Waals surface area (Å²) in [6, 6.07) is 13.9. The molecule has 0 aliphatic carbocycles. The Morgan fingerprint density at radius 1 is 1.00 bits per heavy atom. The van der Waals surface area contributed by atoms with Crippen LogP contribution in [0.2, 0.25) is 0 Å². The van der Waals surface area contributed by atoms with E-state index < -0.39 is 28.7 Å². The zero-order valence-corrected chi connectivity index (χ0v) is 19.3. The molecule has 0 saturated carbocycles. The summed E-state index contributed by atoms with van der Waals surface area (Å²) >= 11 is 0. The topological polar surface area (TPSA) is 136 Å². The maximum absolute atomic E-state index is 13.0. The van der Waals surface area contributed by atoms with Crippen molar-refractivity contribution in [2.75, 3.05) is 23.7 Å². The van der Waals surface area contributed by atoms with Crippen LogP contribution in [0.15, 0.2) is 58.1 Å². The average molecular weight is 478 g/mol. The Kier molecular flexibility index (Phi) is 6.86. The highest BCUT2D eigenvalue weighted by Crippen LogP contribution is 2.34. The van der Waals surface area contributed by atoms with Gasteiger partial charge in [-0.05, 0) is 37.0 Å². The number of carbonyl (C=O) groups excluding carboxylic acids is 1. The summed E-state index contributed by atoms with van der Waals surface area (Å²) in [6.07, 6.45) is 1.37. The van der Waals surface area contributed by atoms with Crippen molar-refractivity contribution in [3.63, 3.8) is 0 Å². The van der Waals surface area contributed by atoms with Gasteiger partial charge in [-0.1, -0.05) is 43.3 Å². The molecule has 182 valence electrons. The van der Waals surface area contributed by atoms with Crippen molar-refractivity contribution in [1.29, 1.82) is 0 Å². The fraction of sp³-hybridized carbons (Fsp3) is 0.308. The van der Waals surface area contributed by atoms with Crippen LogP contribution < -0.4 is 21.5 Å². The molecule has 1 aliphatic rings. The first kappa shape index (κ1) is 24.0. The van der Waals surface area contributed by atoms with E-state index in [-0.39, 0.29) is 47.5 Å². The number of phenolic OH excluding ortho intramolecular Hbond substituents is 1. The lowest BCUT2D eigenvalue weighted by Gasteiger charge is -2.30. The largest absolute Gasteiger partial charge is 0.505 e. The Morgan fingerprint density at radius 3 is 2.29 bits per heavy atom. The van der Waals surface area contributed by atoms with E-state index in [9.17, 15) is 24.3 Å². The third-order valence-electron chi connectivity index (χ3n) is 6.50. The zero-order valence-electron chi connectivity index (χ0n) is 19.3. The van der Waals surface area contributed by atoms with Crippen LogP contribution in [0.1, 0.15) is 48.1 Å². The summed E-state index contributed by atoms with van der Waals surface area (Å²) in [5, 5.41) is 25.9. The second kappa shape index (κ2) is 10.0. The van der Waals surface area contributed by atoms with E-state index in [4.69, 9.17) is 5.11 Å². The fourth-order valence-corrected chi connectivity index (χ4v) is 4.38. The molecule has 1 heterocycles. The van der Waals surface area contributed by atoms with Crippen molar-refractivity contribution < 1.29 is 19.8 Å². The first-order chi connectivity index (χ1) is 16.8. The van der Waals surface area contributed by atoms with Crippen molar-refractivity contribution >= 4 is 28.9 Å². The minimum absolute atomic E-state index is 0.0338. The van der Waals surface area contributed by atoms with E-state index in [0.717, 1.165) is 5.56 Å². The smallest absolute Gasteiger partial charge is 0.306 e. The van der Waals surface area contributed by atoms with Gasteiger partial charge >= 0.3 is 5.97 Å². The maximum Gasteiger partial charge on any atom is 0.306 e. The molecule has 4 N–H and O–H groups in total. The number of nitrogens with one attached hydrogen (secondary N) is 2. The van der Waals surface area contributed by atoms with E-state index in [2.05, 4.69) is 10.6 Å². The number of nitrogens with zero attached hydrogens (tertiary/aromatic N) is 1. The molecule has 0 bridgehead atoms. The number of piperidine rings is 1. The molecule has 4 rings (SSSR count). The Bertz CT molecular complexity index is 1300. The molecule has 1 aliphatic heterocycles. The van der Waals surface area contributed by atoms with Crippen LogP contribution in [-0.2, 0) is 4.79 Å². The molecular formula is C26H27N3O6. The first-order valence-corrected chi connectivity index (χ1v) is 11.6. The van der Waals surface area contributed by atoms with Crippen LogP contribution in [0.5, 0.6) is 5.75 Å². The van der Waals surface area contributed by atoms with Gasteiger partial charge in [-0.25, -0.2) is 0 Å². The van der Waals surface area contributed by atoms with Crippen LogP contribution in [-0.4, -0.2) is 40.1 Å². The number of carboxylic acid groups (broad SMARTS) is 1. The number of rotatable bonds is 8. The van der Waals surface area contributed by atoms with Crippen LogP contribution in [0.25, 0.3) is 0 Å². The Hall–Kier alpha value is -4.14. The molecule has 1 fully saturated rings. The van der Waals surface area contributed by atoms with Crippen molar-refractivity contribution in [1.82, 2.24) is 4.90 Å². The number of anilines is 3. The van der Waals surface area contributed by atoms with Crippen LogP contribution >= 0.6 is 0 Å². The molecular weight excluding hydrogens is 450 g/mol. The summed E-state index contributed by atoms with van der Waals surface area (Å²) in [4.78, 5) is 50.3. The molecule has 0 aromatic heterocycles. The summed E-state index contributed by atoms with van der Waals surface area (Å²) in [6.45, 7) is 2.51. The lowest BCUT2D eigenvalue weighted by molar-refractivity contribution is -0.143. The number of phenols is 1. The van der Waals surface area contributed by atoms with Crippen LogP contribution in [0, 0.1) is 5.92 Å². The molecule has 1 amide bonds. The van der Waals surface area contributed by atoms with Crippen molar-refractivity contribution in [3.8, 4) is 5.75 Å². The van der Waals surface area contributed by atoms with Gasteiger partial charge in [0.2, 0.25) is 0 Å². The first-order valence-electron chi connectivity index (χ1n) is 11.6. The molecule has 3 aromatic rings. The maximum atomic E-state index is 13.0. The quantitative estimate of drug-likeness (QED) is 0.287. The van der Waals surface area contributed by atoms with Gasteiger partial charge in [0.15, 0.2) is 5.75 Å². The number of carbonyl (C=O) groups is 2. The van der Waals surface area contributed by atoms with Crippen molar-refractivity contribution in [3.05, 3.63) is 80.1 Å². The number of likely N-dealkylation sites (tertiary alicyclic amines) is 1. The SMILES string of the molecule is CCC(Nc1c(Nc2cccc(C(=O)N3CCC(C(=O)O)CC3)c2O)c(=O)c1=O)c1ccccc1. The minimum Gasteiger partial charge on any atom is -0.505 e.